The average Bonchev–Trinajstić information content (AvgIpc) is 2.98. The lowest BCUT2D eigenvalue weighted by molar-refractivity contribution is -0.116. The second-order valence-electron chi connectivity index (χ2n) is 5.18. The maximum Gasteiger partial charge on any atom is 0.249 e. The van der Waals surface area contributed by atoms with Gasteiger partial charge in [0.2, 0.25) is 11.9 Å². The monoisotopic (exact) mass is 277 g/mol. The second-order valence-corrected chi connectivity index (χ2v) is 5.18. The number of carbonyl (C=O) groups excluding carboxylic acids is 1. The van der Waals surface area contributed by atoms with Crippen LogP contribution in [0.25, 0.3) is 0 Å². The van der Waals surface area contributed by atoms with Crippen molar-refractivity contribution in [1.82, 2.24) is 20.5 Å². The van der Waals surface area contributed by atoms with E-state index in [0.717, 1.165) is 50.2 Å². The van der Waals surface area contributed by atoms with E-state index >= 15 is 0 Å². The van der Waals surface area contributed by atoms with Gasteiger partial charge in [-0.3, -0.25) is 10.1 Å². The second kappa shape index (κ2) is 7.28. The molecule has 0 aliphatic carbocycles. The number of aryl methyl sites for hydroxylation is 2. The Morgan fingerprint density at radius 2 is 2.10 bits per heavy atom. The Bertz CT molecular complexity index is 457. The van der Waals surface area contributed by atoms with Gasteiger partial charge in [0.15, 0.2) is 0 Å². The van der Waals surface area contributed by atoms with E-state index in [1.54, 1.807) is 0 Å². The Kier molecular flexibility index (Phi) is 5.40. The van der Waals surface area contributed by atoms with Crippen LogP contribution < -0.4 is 10.6 Å². The number of hydrogen-bond acceptors (Lipinski definition) is 5. The predicted molar refractivity (Wildman–Crippen MR) is 77.4 cm³/mol. The summed E-state index contributed by atoms with van der Waals surface area (Å²) in [4.78, 5) is 16.2. The van der Waals surface area contributed by atoms with E-state index in [4.69, 9.17) is 0 Å². The minimum atomic E-state index is -0.0231. The van der Waals surface area contributed by atoms with Crippen molar-refractivity contribution >= 4 is 11.9 Å². The molecule has 6 heteroatoms. The summed E-state index contributed by atoms with van der Waals surface area (Å²) in [5.41, 5.74) is 1.82. The highest BCUT2D eigenvalue weighted by Gasteiger charge is 2.16. The van der Waals surface area contributed by atoms with Gasteiger partial charge in [-0.15, -0.1) is 10.2 Å². The van der Waals surface area contributed by atoms with Gasteiger partial charge in [0.1, 0.15) is 0 Å². The lowest BCUT2D eigenvalue weighted by Crippen LogP contribution is -2.18. The molecule has 110 valence electrons. The van der Waals surface area contributed by atoms with Crippen LogP contribution in [0.3, 0.4) is 0 Å². The number of nitrogens with one attached hydrogen (secondary N) is 2. The molecule has 0 saturated carbocycles. The summed E-state index contributed by atoms with van der Waals surface area (Å²) in [6.45, 7) is 6.15. The molecule has 2 N–H and O–H groups in total. The minimum Gasteiger partial charge on any atom is -0.316 e. The van der Waals surface area contributed by atoms with Gasteiger partial charge in [-0.2, -0.15) is 0 Å². The number of aromatic nitrogens is 3. The summed E-state index contributed by atoms with van der Waals surface area (Å²) in [5, 5.41) is 14.1. The van der Waals surface area contributed by atoms with Crippen LogP contribution in [0.15, 0.2) is 0 Å². The third-order valence-corrected chi connectivity index (χ3v) is 3.70. The molecular formula is C14H23N5O. The lowest BCUT2D eigenvalue weighted by atomic mass is 10.0. The number of rotatable bonds is 6. The summed E-state index contributed by atoms with van der Waals surface area (Å²) in [7, 11) is 0. The van der Waals surface area contributed by atoms with Gasteiger partial charge < -0.3 is 5.32 Å². The molecule has 1 aliphatic heterocycles. The standard InChI is InChI=1S/C14H23N5O/c1-3-11-12(4-2)18-19-14(16-11)17-13(20)6-5-10-7-8-15-9-10/h10,15H,3-9H2,1-2H3,(H,16,17,19,20). The highest BCUT2D eigenvalue weighted by Crippen LogP contribution is 2.14. The molecule has 1 unspecified atom stereocenters. The summed E-state index contributed by atoms with van der Waals surface area (Å²) in [6, 6.07) is 0. The van der Waals surface area contributed by atoms with Gasteiger partial charge in [-0.25, -0.2) is 4.98 Å². The first-order valence-corrected chi connectivity index (χ1v) is 7.46. The number of anilines is 1. The fourth-order valence-electron chi connectivity index (χ4n) is 2.47. The highest BCUT2D eigenvalue weighted by atomic mass is 16.1. The first-order valence-electron chi connectivity index (χ1n) is 7.46. The predicted octanol–water partition coefficient (Wildman–Crippen LogP) is 1.32. The van der Waals surface area contributed by atoms with Crippen molar-refractivity contribution in [1.29, 1.82) is 0 Å². The van der Waals surface area contributed by atoms with Crippen LogP contribution >= 0.6 is 0 Å². The summed E-state index contributed by atoms with van der Waals surface area (Å²) in [6.07, 6.45) is 4.21. The lowest BCUT2D eigenvalue weighted by Gasteiger charge is -2.09. The molecule has 2 heterocycles. The quantitative estimate of drug-likeness (QED) is 0.820. The molecule has 1 saturated heterocycles. The Morgan fingerprint density at radius 1 is 1.30 bits per heavy atom. The largest absolute Gasteiger partial charge is 0.316 e. The van der Waals surface area contributed by atoms with Crippen molar-refractivity contribution in [3.05, 3.63) is 11.4 Å². The van der Waals surface area contributed by atoms with Crippen LogP contribution in [0.1, 0.15) is 44.5 Å². The van der Waals surface area contributed by atoms with Gasteiger partial charge in [0, 0.05) is 6.42 Å². The minimum absolute atomic E-state index is 0.0231. The first kappa shape index (κ1) is 14.8. The van der Waals surface area contributed by atoms with Crippen molar-refractivity contribution < 1.29 is 4.79 Å². The third kappa shape index (κ3) is 3.96. The van der Waals surface area contributed by atoms with Crippen molar-refractivity contribution in [3.63, 3.8) is 0 Å². The van der Waals surface area contributed by atoms with Crippen LogP contribution in [0.2, 0.25) is 0 Å². The zero-order valence-electron chi connectivity index (χ0n) is 12.3. The van der Waals surface area contributed by atoms with Crippen LogP contribution in [-0.4, -0.2) is 34.2 Å². The number of carbonyl (C=O) groups is 1. The van der Waals surface area contributed by atoms with Crippen molar-refractivity contribution in [2.45, 2.75) is 46.0 Å². The zero-order chi connectivity index (χ0) is 14.4. The van der Waals surface area contributed by atoms with E-state index in [1.807, 2.05) is 13.8 Å². The van der Waals surface area contributed by atoms with E-state index in [0.29, 0.717) is 18.3 Å². The topological polar surface area (TPSA) is 79.8 Å². The molecule has 20 heavy (non-hydrogen) atoms. The molecule has 0 radical (unpaired) electrons. The van der Waals surface area contributed by atoms with E-state index < -0.39 is 0 Å². The zero-order valence-corrected chi connectivity index (χ0v) is 12.3. The molecule has 0 spiro atoms. The number of hydrogen-bond donors (Lipinski definition) is 2. The molecule has 6 nitrogen and oxygen atoms in total. The normalized spacial score (nSPS) is 18.2. The maximum atomic E-state index is 11.9. The Labute approximate surface area is 119 Å². The first-order chi connectivity index (χ1) is 9.72. The Balaban J connectivity index is 1.86. The molecule has 1 atom stereocenters. The number of amides is 1. The molecule has 1 fully saturated rings. The molecule has 0 bridgehead atoms. The average molecular weight is 277 g/mol. The third-order valence-electron chi connectivity index (χ3n) is 3.70. The fraction of sp³-hybridized carbons (Fsp3) is 0.714. The summed E-state index contributed by atoms with van der Waals surface area (Å²) in [5.74, 6) is 0.923. The number of nitrogens with zero attached hydrogens (tertiary/aromatic N) is 3. The Hall–Kier alpha value is -1.56. The van der Waals surface area contributed by atoms with E-state index in [-0.39, 0.29) is 5.91 Å². The van der Waals surface area contributed by atoms with Gasteiger partial charge in [-0.05, 0) is 44.7 Å². The molecule has 2 rings (SSSR count). The van der Waals surface area contributed by atoms with E-state index in [9.17, 15) is 4.79 Å². The van der Waals surface area contributed by atoms with Crippen LogP contribution in [0.4, 0.5) is 5.95 Å². The maximum absolute atomic E-state index is 11.9. The van der Waals surface area contributed by atoms with Crippen LogP contribution in [0.5, 0.6) is 0 Å². The van der Waals surface area contributed by atoms with Crippen LogP contribution in [-0.2, 0) is 17.6 Å². The smallest absolute Gasteiger partial charge is 0.249 e. The Morgan fingerprint density at radius 3 is 2.75 bits per heavy atom. The van der Waals surface area contributed by atoms with Gasteiger partial charge >= 0.3 is 0 Å². The van der Waals surface area contributed by atoms with E-state index in [2.05, 4.69) is 25.8 Å². The van der Waals surface area contributed by atoms with Crippen molar-refractivity contribution in [3.8, 4) is 0 Å². The highest BCUT2D eigenvalue weighted by molar-refractivity contribution is 5.88. The van der Waals surface area contributed by atoms with Crippen molar-refractivity contribution in [2.24, 2.45) is 5.92 Å². The molecule has 1 amide bonds. The van der Waals surface area contributed by atoms with Gasteiger partial charge in [-0.1, -0.05) is 13.8 Å². The van der Waals surface area contributed by atoms with Crippen molar-refractivity contribution in [2.75, 3.05) is 18.4 Å². The molecule has 1 aliphatic rings. The molecule has 1 aromatic rings. The van der Waals surface area contributed by atoms with Gasteiger partial charge in [0.25, 0.3) is 0 Å². The summed E-state index contributed by atoms with van der Waals surface area (Å²) < 4.78 is 0. The molecular weight excluding hydrogens is 254 g/mol. The fourth-order valence-corrected chi connectivity index (χ4v) is 2.47. The van der Waals surface area contributed by atoms with Gasteiger partial charge in [0.05, 0.1) is 11.4 Å². The SMILES string of the molecule is CCc1nnc(NC(=O)CCC2CCNC2)nc1CC. The van der Waals surface area contributed by atoms with Crippen LogP contribution in [0, 0.1) is 5.92 Å². The summed E-state index contributed by atoms with van der Waals surface area (Å²) >= 11 is 0. The van der Waals surface area contributed by atoms with E-state index in [1.165, 1.54) is 0 Å². The molecule has 0 aromatic carbocycles. The molecule has 1 aromatic heterocycles.